The molecule has 1 aliphatic carbocycles. The number of aliphatic imine (C=N–C) groups is 1. The van der Waals surface area contributed by atoms with Gasteiger partial charge < -0.3 is 4.90 Å². The van der Waals surface area contributed by atoms with Crippen LogP contribution in [-0.2, 0) is 0 Å². The second-order valence-electron chi connectivity index (χ2n) is 6.29. The van der Waals surface area contributed by atoms with E-state index in [1.807, 2.05) is 0 Å². The lowest BCUT2D eigenvalue weighted by molar-refractivity contribution is 0.560. The number of likely N-dealkylation sites (tertiary alicyclic amines) is 1. The summed E-state index contributed by atoms with van der Waals surface area (Å²) in [6.45, 7) is 7.45. The Balaban J connectivity index is 1.82. The molecule has 0 N–H and O–H groups in total. The maximum absolute atomic E-state index is 5.03. The Hall–Kier alpha value is -1.48. The van der Waals surface area contributed by atoms with E-state index in [9.17, 15) is 0 Å². The Kier molecular flexibility index (Phi) is 5.27. The molecule has 122 valence electrons. The molecule has 0 radical (unpaired) electrons. The summed E-state index contributed by atoms with van der Waals surface area (Å²) in [5, 5.41) is 0. The Bertz CT molecular complexity index is 622. The molecule has 2 fully saturated rings. The Morgan fingerprint density at radius 2 is 1.96 bits per heavy atom. The summed E-state index contributed by atoms with van der Waals surface area (Å²) in [4.78, 5) is 8.63. The van der Waals surface area contributed by atoms with E-state index in [2.05, 4.69) is 55.0 Å². The summed E-state index contributed by atoms with van der Waals surface area (Å²) in [5.74, 6) is 1.22. The van der Waals surface area contributed by atoms with Crippen molar-refractivity contribution in [2.24, 2.45) is 4.99 Å². The normalized spacial score (nSPS) is 22.7. The summed E-state index contributed by atoms with van der Waals surface area (Å²) in [7, 11) is 0. The third-order valence-corrected chi connectivity index (χ3v) is 5.53. The minimum Gasteiger partial charge on any atom is -0.330 e. The van der Waals surface area contributed by atoms with Crippen molar-refractivity contribution >= 4 is 23.7 Å². The molecule has 0 amide bonds. The summed E-state index contributed by atoms with van der Waals surface area (Å²) in [6.07, 6.45) is 10.5. The average molecular weight is 327 g/mol. The number of amidine groups is 1. The van der Waals surface area contributed by atoms with Crippen LogP contribution < -0.4 is 0 Å². The van der Waals surface area contributed by atoms with Gasteiger partial charge in [0.15, 0.2) is 0 Å². The molecule has 0 unspecified atom stereocenters. The lowest BCUT2D eigenvalue weighted by Gasteiger charge is -2.18. The second kappa shape index (κ2) is 7.39. The third-order valence-electron chi connectivity index (χ3n) is 4.79. The monoisotopic (exact) mass is 326 g/mol. The van der Waals surface area contributed by atoms with E-state index >= 15 is 0 Å². The van der Waals surface area contributed by atoms with Gasteiger partial charge in [0.05, 0.1) is 6.04 Å². The molecule has 23 heavy (non-hydrogen) atoms. The fourth-order valence-electron chi connectivity index (χ4n) is 3.47. The van der Waals surface area contributed by atoms with Gasteiger partial charge in [-0.1, -0.05) is 31.6 Å². The summed E-state index contributed by atoms with van der Waals surface area (Å²) in [6, 6.07) is 9.27. The highest BCUT2D eigenvalue weighted by Gasteiger charge is 2.27. The number of thioether (sulfide) groups is 1. The van der Waals surface area contributed by atoms with E-state index < -0.39 is 0 Å². The molecule has 1 saturated heterocycles. The van der Waals surface area contributed by atoms with Gasteiger partial charge in [-0.2, -0.15) is 0 Å². The summed E-state index contributed by atoms with van der Waals surface area (Å²) < 4.78 is 0. The Labute approximate surface area is 144 Å². The zero-order valence-electron chi connectivity index (χ0n) is 14.2. The van der Waals surface area contributed by atoms with Gasteiger partial charge >= 0.3 is 0 Å². The van der Waals surface area contributed by atoms with Crippen LogP contribution in [0.1, 0.15) is 44.6 Å². The van der Waals surface area contributed by atoms with Gasteiger partial charge in [0.25, 0.3) is 0 Å². The van der Waals surface area contributed by atoms with Crippen molar-refractivity contribution in [1.29, 1.82) is 0 Å². The molecule has 0 bridgehead atoms. The molecule has 0 atom stereocenters. The van der Waals surface area contributed by atoms with Crippen molar-refractivity contribution in [3.8, 4) is 0 Å². The predicted octanol–water partition coefficient (Wildman–Crippen LogP) is 5.37. The highest BCUT2D eigenvalue weighted by Crippen LogP contribution is 2.32. The van der Waals surface area contributed by atoms with Gasteiger partial charge in [0.2, 0.25) is 0 Å². The van der Waals surface area contributed by atoms with Crippen molar-refractivity contribution in [2.75, 3.05) is 12.8 Å². The van der Waals surface area contributed by atoms with E-state index in [-0.39, 0.29) is 0 Å². The third kappa shape index (κ3) is 3.72. The van der Waals surface area contributed by atoms with Crippen LogP contribution >= 0.6 is 11.8 Å². The summed E-state index contributed by atoms with van der Waals surface area (Å²) >= 11 is 1.78. The van der Waals surface area contributed by atoms with E-state index in [0.717, 1.165) is 18.7 Å². The minimum absolute atomic E-state index is 0.534. The first kappa shape index (κ1) is 16.4. The maximum atomic E-state index is 5.03. The molecule has 0 spiro atoms. The molecule has 1 aromatic carbocycles. The number of likely N-dealkylation sites (N-methyl/N-ethyl adjacent to an activating group) is 1. The van der Waals surface area contributed by atoms with Crippen LogP contribution in [0.5, 0.6) is 0 Å². The molecule has 3 heteroatoms. The zero-order valence-corrected chi connectivity index (χ0v) is 15.0. The number of benzene rings is 1. The Morgan fingerprint density at radius 1 is 1.26 bits per heavy atom. The van der Waals surface area contributed by atoms with E-state index in [4.69, 9.17) is 4.99 Å². The van der Waals surface area contributed by atoms with E-state index in [1.54, 1.807) is 11.8 Å². The molecule has 1 saturated carbocycles. The van der Waals surface area contributed by atoms with E-state index in [1.165, 1.54) is 47.6 Å². The largest absolute Gasteiger partial charge is 0.330 e. The first-order chi connectivity index (χ1) is 11.2. The number of hydrogen-bond donors (Lipinski definition) is 0. The van der Waals surface area contributed by atoms with Crippen molar-refractivity contribution in [3.05, 3.63) is 47.7 Å². The number of hydrogen-bond acceptors (Lipinski definition) is 2. The average Bonchev–Trinajstić information content (AvgIpc) is 3.17. The molecule has 1 heterocycles. The number of nitrogens with zero attached hydrogens (tertiary/aromatic N) is 2. The van der Waals surface area contributed by atoms with Crippen LogP contribution in [-0.4, -0.2) is 29.6 Å². The van der Waals surface area contributed by atoms with E-state index in [0.29, 0.717) is 6.04 Å². The van der Waals surface area contributed by atoms with Crippen molar-refractivity contribution in [1.82, 2.24) is 4.90 Å². The van der Waals surface area contributed by atoms with Gasteiger partial charge in [-0.05, 0) is 55.4 Å². The highest BCUT2D eigenvalue weighted by molar-refractivity contribution is 7.98. The van der Waals surface area contributed by atoms with Gasteiger partial charge in [-0.3, -0.25) is 4.99 Å². The van der Waals surface area contributed by atoms with Crippen LogP contribution in [0.3, 0.4) is 0 Å². The molecule has 2 aliphatic rings. The van der Waals surface area contributed by atoms with Gasteiger partial charge in [0, 0.05) is 23.6 Å². The van der Waals surface area contributed by atoms with Crippen LogP contribution in [0.2, 0.25) is 0 Å². The first-order valence-electron chi connectivity index (χ1n) is 8.59. The second-order valence-corrected chi connectivity index (χ2v) is 7.17. The van der Waals surface area contributed by atoms with Crippen LogP contribution in [0.4, 0.5) is 0 Å². The SMILES string of the molecule is C=C1/C(=C\c2ccc(SC)cc2)CC(=NC2CCCC2)N1CC. The lowest BCUT2D eigenvalue weighted by Crippen LogP contribution is -2.24. The highest BCUT2D eigenvalue weighted by atomic mass is 32.2. The Morgan fingerprint density at radius 3 is 2.57 bits per heavy atom. The maximum Gasteiger partial charge on any atom is 0.108 e. The summed E-state index contributed by atoms with van der Waals surface area (Å²) in [5.41, 5.74) is 3.68. The molecule has 1 aromatic rings. The van der Waals surface area contributed by atoms with Crippen LogP contribution in [0.25, 0.3) is 6.08 Å². The molecule has 0 aromatic heterocycles. The van der Waals surface area contributed by atoms with Crippen LogP contribution in [0.15, 0.2) is 52.0 Å². The smallest absolute Gasteiger partial charge is 0.108 e. The first-order valence-corrected chi connectivity index (χ1v) is 9.82. The van der Waals surface area contributed by atoms with Gasteiger partial charge in [-0.25, -0.2) is 0 Å². The predicted molar refractivity (Wildman–Crippen MR) is 102 cm³/mol. The van der Waals surface area contributed by atoms with Crippen molar-refractivity contribution in [3.63, 3.8) is 0 Å². The van der Waals surface area contributed by atoms with Crippen molar-refractivity contribution in [2.45, 2.75) is 50.0 Å². The molecular weight excluding hydrogens is 300 g/mol. The molecule has 2 nitrogen and oxygen atoms in total. The number of allylic oxidation sites excluding steroid dienone is 1. The molecule has 3 rings (SSSR count). The fraction of sp³-hybridized carbons (Fsp3) is 0.450. The van der Waals surface area contributed by atoms with Crippen molar-refractivity contribution < 1.29 is 0 Å². The van der Waals surface area contributed by atoms with Gasteiger partial charge in [0.1, 0.15) is 5.84 Å². The lowest BCUT2D eigenvalue weighted by atomic mass is 10.1. The fourth-order valence-corrected chi connectivity index (χ4v) is 3.87. The number of rotatable bonds is 4. The van der Waals surface area contributed by atoms with Gasteiger partial charge in [-0.15, -0.1) is 11.8 Å². The zero-order chi connectivity index (χ0) is 16.2. The van der Waals surface area contributed by atoms with Crippen LogP contribution in [0, 0.1) is 0 Å². The standard InChI is InChI=1S/C20H26N2S/c1-4-22-15(2)17(13-16-9-11-19(23-3)12-10-16)14-20(22)21-18-7-5-6-8-18/h9-13,18H,2,4-8,14H2,1,3H3/b17-13-,21-20?. The quantitative estimate of drug-likeness (QED) is 0.691. The topological polar surface area (TPSA) is 15.6 Å². The molecule has 1 aliphatic heterocycles. The minimum atomic E-state index is 0.534. The molecular formula is C20H26N2S.